The van der Waals surface area contributed by atoms with Gasteiger partial charge in [0.1, 0.15) is 5.82 Å². The molecule has 104 valence electrons. The van der Waals surface area contributed by atoms with Crippen LogP contribution in [-0.4, -0.2) is 37.0 Å². The zero-order valence-corrected chi connectivity index (χ0v) is 11.4. The maximum atomic E-state index is 12.8. The number of nitrogens with one attached hydrogen (secondary N) is 1. The van der Waals surface area contributed by atoms with E-state index in [-0.39, 0.29) is 11.7 Å². The first-order chi connectivity index (χ1) is 9.15. The quantitative estimate of drug-likeness (QED) is 0.882. The van der Waals surface area contributed by atoms with E-state index in [2.05, 4.69) is 5.32 Å². The molecule has 2 rings (SSSR count). The standard InChI is InChI=1S/C15H21FN2O/c1-18(15(19)11-14-3-2-9-17-14)10-8-12-4-6-13(16)7-5-12/h4-7,14,17H,2-3,8-11H2,1H3. The second-order valence-electron chi connectivity index (χ2n) is 5.19. The van der Waals surface area contributed by atoms with Gasteiger partial charge in [0.05, 0.1) is 0 Å². The molecular formula is C15H21FN2O. The van der Waals surface area contributed by atoms with E-state index in [1.54, 1.807) is 17.0 Å². The van der Waals surface area contributed by atoms with E-state index >= 15 is 0 Å². The predicted octanol–water partition coefficient (Wildman–Crippen LogP) is 1.97. The van der Waals surface area contributed by atoms with Gasteiger partial charge in [0.15, 0.2) is 0 Å². The average Bonchev–Trinajstić information content (AvgIpc) is 2.90. The molecule has 0 aromatic heterocycles. The first kappa shape index (κ1) is 14.0. The molecule has 19 heavy (non-hydrogen) atoms. The topological polar surface area (TPSA) is 32.3 Å². The zero-order valence-electron chi connectivity index (χ0n) is 11.4. The van der Waals surface area contributed by atoms with Gasteiger partial charge in [0.2, 0.25) is 5.91 Å². The van der Waals surface area contributed by atoms with E-state index < -0.39 is 0 Å². The number of benzene rings is 1. The Bertz CT molecular complexity index is 413. The van der Waals surface area contributed by atoms with Crippen LogP contribution >= 0.6 is 0 Å². The summed E-state index contributed by atoms with van der Waals surface area (Å²) in [5.41, 5.74) is 1.06. The molecule has 1 N–H and O–H groups in total. The summed E-state index contributed by atoms with van der Waals surface area (Å²) in [4.78, 5) is 13.8. The van der Waals surface area contributed by atoms with E-state index in [1.807, 2.05) is 7.05 Å². The highest BCUT2D eigenvalue weighted by atomic mass is 19.1. The molecule has 1 fully saturated rings. The lowest BCUT2D eigenvalue weighted by molar-refractivity contribution is -0.130. The van der Waals surface area contributed by atoms with Crippen molar-refractivity contribution in [3.63, 3.8) is 0 Å². The summed E-state index contributed by atoms with van der Waals surface area (Å²) in [7, 11) is 1.83. The number of hydrogen-bond donors (Lipinski definition) is 1. The Morgan fingerprint density at radius 2 is 2.16 bits per heavy atom. The van der Waals surface area contributed by atoms with Gasteiger partial charge in [-0.1, -0.05) is 12.1 Å². The van der Waals surface area contributed by atoms with Crippen LogP contribution in [0.3, 0.4) is 0 Å². The number of likely N-dealkylation sites (N-methyl/N-ethyl adjacent to an activating group) is 1. The van der Waals surface area contributed by atoms with Gasteiger partial charge in [-0.3, -0.25) is 4.79 Å². The van der Waals surface area contributed by atoms with E-state index in [0.29, 0.717) is 19.0 Å². The first-order valence-corrected chi connectivity index (χ1v) is 6.87. The van der Waals surface area contributed by atoms with Crippen LogP contribution < -0.4 is 5.32 Å². The number of nitrogens with zero attached hydrogens (tertiary/aromatic N) is 1. The zero-order chi connectivity index (χ0) is 13.7. The minimum absolute atomic E-state index is 0.182. The Morgan fingerprint density at radius 1 is 1.42 bits per heavy atom. The fourth-order valence-corrected chi connectivity index (χ4v) is 2.37. The van der Waals surface area contributed by atoms with Crippen molar-refractivity contribution < 1.29 is 9.18 Å². The van der Waals surface area contributed by atoms with Crippen molar-refractivity contribution in [1.82, 2.24) is 10.2 Å². The highest BCUT2D eigenvalue weighted by Gasteiger charge is 2.19. The highest BCUT2D eigenvalue weighted by molar-refractivity contribution is 5.76. The minimum Gasteiger partial charge on any atom is -0.345 e. The lowest BCUT2D eigenvalue weighted by Crippen LogP contribution is -2.34. The molecular weight excluding hydrogens is 243 g/mol. The maximum absolute atomic E-state index is 12.8. The minimum atomic E-state index is -0.222. The number of hydrogen-bond acceptors (Lipinski definition) is 2. The van der Waals surface area contributed by atoms with E-state index in [1.165, 1.54) is 12.1 Å². The fourth-order valence-electron chi connectivity index (χ4n) is 2.37. The van der Waals surface area contributed by atoms with Gasteiger partial charge in [-0.05, 0) is 43.5 Å². The van der Waals surface area contributed by atoms with Crippen LogP contribution in [0.2, 0.25) is 0 Å². The molecule has 1 unspecified atom stereocenters. The van der Waals surface area contributed by atoms with Crippen LogP contribution in [0.25, 0.3) is 0 Å². The molecule has 0 spiro atoms. The molecule has 0 bridgehead atoms. The van der Waals surface area contributed by atoms with Gasteiger partial charge in [0, 0.05) is 26.1 Å². The Labute approximate surface area is 113 Å². The molecule has 1 atom stereocenters. The van der Waals surface area contributed by atoms with E-state index in [0.717, 1.165) is 31.4 Å². The number of carbonyl (C=O) groups excluding carboxylic acids is 1. The molecule has 0 radical (unpaired) electrons. The molecule has 3 nitrogen and oxygen atoms in total. The fraction of sp³-hybridized carbons (Fsp3) is 0.533. The third kappa shape index (κ3) is 4.31. The molecule has 1 aliphatic heterocycles. The molecule has 1 heterocycles. The Morgan fingerprint density at radius 3 is 2.79 bits per heavy atom. The third-order valence-corrected chi connectivity index (χ3v) is 3.66. The number of halogens is 1. The maximum Gasteiger partial charge on any atom is 0.223 e. The van der Waals surface area contributed by atoms with Crippen LogP contribution in [-0.2, 0) is 11.2 Å². The summed E-state index contributed by atoms with van der Waals surface area (Å²) in [6.45, 7) is 1.70. The molecule has 1 aromatic rings. The van der Waals surface area contributed by atoms with Crippen LogP contribution in [0.1, 0.15) is 24.8 Å². The van der Waals surface area contributed by atoms with Crippen molar-refractivity contribution in [3.05, 3.63) is 35.6 Å². The second-order valence-corrected chi connectivity index (χ2v) is 5.19. The van der Waals surface area contributed by atoms with Crippen molar-refractivity contribution in [3.8, 4) is 0 Å². The molecule has 4 heteroatoms. The summed E-state index contributed by atoms with van der Waals surface area (Å²) in [6.07, 6.45) is 3.61. The molecule has 0 aliphatic carbocycles. The lowest BCUT2D eigenvalue weighted by atomic mass is 10.1. The summed E-state index contributed by atoms with van der Waals surface area (Å²) in [6, 6.07) is 6.80. The average molecular weight is 264 g/mol. The van der Waals surface area contributed by atoms with Crippen molar-refractivity contribution in [1.29, 1.82) is 0 Å². The molecule has 1 aliphatic rings. The van der Waals surface area contributed by atoms with Crippen molar-refractivity contribution in [2.75, 3.05) is 20.1 Å². The van der Waals surface area contributed by atoms with Crippen molar-refractivity contribution >= 4 is 5.91 Å². The number of carbonyl (C=O) groups is 1. The second kappa shape index (κ2) is 6.66. The van der Waals surface area contributed by atoms with Crippen LogP contribution in [0.4, 0.5) is 4.39 Å². The predicted molar refractivity (Wildman–Crippen MR) is 73.4 cm³/mol. The molecule has 1 saturated heterocycles. The van der Waals surface area contributed by atoms with Crippen LogP contribution in [0.5, 0.6) is 0 Å². The Balaban J connectivity index is 1.75. The van der Waals surface area contributed by atoms with E-state index in [9.17, 15) is 9.18 Å². The Hall–Kier alpha value is -1.42. The van der Waals surface area contributed by atoms with Crippen molar-refractivity contribution in [2.45, 2.75) is 31.7 Å². The smallest absolute Gasteiger partial charge is 0.223 e. The summed E-state index contributed by atoms with van der Waals surface area (Å²) in [5, 5.41) is 3.33. The van der Waals surface area contributed by atoms with Gasteiger partial charge in [-0.2, -0.15) is 0 Å². The number of rotatable bonds is 5. The normalized spacial score (nSPS) is 18.5. The third-order valence-electron chi connectivity index (χ3n) is 3.66. The van der Waals surface area contributed by atoms with Gasteiger partial charge in [-0.25, -0.2) is 4.39 Å². The summed E-state index contributed by atoms with van der Waals surface area (Å²) >= 11 is 0. The van der Waals surface area contributed by atoms with Crippen LogP contribution in [0, 0.1) is 5.82 Å². The highest BCUT2D eigenvalue weighted by Crippen LogP contribution is 2.10. The monoisotopic (exact) mass is 264 g/mol. The van der Waals surface area contributed by atoms with Gasteiger partial charge < -0.3 is 10.2 Å². The van der Waals surface area contributed by atoms with E-state index in [4.69, 9.17) is 0 Å². The van der Waals surface area contributed by atoms with Gasteiger partial charge in [-0.15, -0.1) is 0 Å². The molecule has 1 amide bonds. The largest absolute Gasteiger partial charge is 0.345 e. The van der Waals surface area contributed by atoms with Gasteiger partial charge in [0.25, 0.3) is 0 Å². The van der Waals surface area contributed by atoms with Crippen molar-refractivity contribution in [2.24, 2.45) is 0 Å². The summed E-state index contributed by atoms with van der Waals surface area (Å²) in [5.74, 6) is -0.0398. The molecule has 0 saturated carbocycles. The molecule has 1 aromatic carbocycles. The summed E-state index contributed by atoms with van der Waals surface area (Å²) < 4.78 is 12.8. The first-order valence-electron chi connectivity index (χ1n) is 6.87. The SMILES string of the molecule is CN(CCc1ccc(F)cc1)C(=O)CC1CCCN1. The Kier molecular flexibility index (Phi) is 4.91. The van der Waals surface area contributed by atoms with Gasteiger partial charge >= 0.3 is 0 Å². The van der Waals surface area contributed by atoms with Crippen LogP contribution in [0.15, 0.2) is 24.3 Å². The lowest BCUT2D eigenvalue weighted by Gasteiger charge is -2.19. The number of amides is 1.